The van der Waals surface area contributed by atoms with Crippen LogP contribution in [0.4, 0.5) is 8.78 Å². The van der Waals surface area contributed by atoms with Gasteiger partial charge < -0.3 is 5.73 Å². The third-order valence-corrected chi connectivity index (χ3v) is 3.54. The van der Waals surface area contributed by atoms with Crippen molar-refractivity contribution in [2.24, 2.45) is 10.7 Å². The summed E-state index contributed by atoms with van der Waals surface area (Å²) in [7, 11) is 0. The van der Waals surface area contributed by atoms with E-state index >= 15 is 0 Å². The second-order valence-corrected chi connectivity index (χ2v) is 5.81. The highest BCUT2D eigenvalue weighted by molar-refractivity contribution is 5.97. The molecule has 22 heavy (non-hydrogen) atoms. The van der Waals surface area contributed by atoms with Gasteiger partial charge in [-0.25, -0.2) is 8.78 Å². The third kappa shape index (κ3) is 3.70. The van der Waals surface area contributed by atoms with Crippen LogP contribution in [0.15, 0.2) is 47.5 Å². The Labute approximate surface area is 129 Å². The molecule has 0 aromatic heterocycles. The van der Waals surface area contributed by atoms with E-state index in [2.05, 4.69) is 4.99 Å². The molecule has 0 aliphatic carbocycles. The maximum absolute atomic E-state index is 14.0. The van der Waals surface area contributed by atoms with Gasteiger partial charge in [-0.2, -0.15) is 0 Å². The minimum Gasteiger partial charge on any atom is -0.383 e. The van der Waals surface area contributed by atoms with Crippen LogP contribution in [-0.4, -0.2) is 5.84 Å². The number of amidine groups is 1. The number of nitrogens with two attached hydrogens (primary N) is 1. The molecular formula is C18H20F2N2. The highest BCUT2D eigenvalue weighted by Crippen LogP contribution is 2.24. The molecule has 4 heteroatoms. The van der Waals surface area contributed by atoms with Gasteiger partial charge >= 0.3 is 0 Å². The number of hydrogen-bond donors (Lipinski definition) is 1. The summed E-state index contributed by atoms with van der Waals surface area (Å²) >= 11 is 0. The molecule has 0 heterocycles. The van der Waals surface area contributed by atoms with Crippen LogP contribution in [0.25, 0.3) is 0 Å². The highest BCUT2D eigenvalue weighted by atomic mass is 19.1. The van der Waals surface area contributed by atoms with Gasteiger partial charge in [0.05, 0.1) is 12.1 Å². The summed E-state index contributed by atoms with van der Waals surface area (Å²) in [6.45, 7) is 5.03. The number of hydrogen-bond acceptors (Lipinski definition) is 1. The maximum atomic E-state index is 14.0. The van der Waals surface area contributed by atoms with E-state index in [1.807, 2.05) is 0 Å². The van der Waals surface area contributed by atoms with Crippen LogP contribution >= 0.6 is 0 Å². The van der Waals surface area contributed by atoms with Crippen LogP contribution in [0, 0.1) is 12.7 Å². The first-order chi connectivity index (χ1) is 10.3. The summed E-state index contributed by atoms with van der Waals surface area (Å²) in [5.74, 6) is -0.186. The zero-order valence-corrected chi connectivity index (χ0v) is 13.0. The standard InChI is InChI=1S/C18H20F2N2/c1-12-5-4-6-15(16(12)19)17(21)22-11-13-7-9-14(10-8-13)18(2,3)20/h4-10H,11H2,1-3H3,(H2,21,22). The molecule has 0 aliphatic heterocycles. The van der Waals surface area contributed by atoms with Crippen molar-refractivity contribution in [1.82, 2.24) is 0 Å². The topological polar surface area (TPSA) is 38.4 Å². The second kappa shape index (κ2) is 6.26. The summed E-state index contributed by atoms with van der Waals surface area (Å²) < 4.78 is 27.7. The Kier molecular flexibility index (Phi) is 4.59. The minimum absolute atomic E-state index is 0.163. The Balaban J connectivity index is 2.16. The first-order valence-corrected chi connectivity index (χ1v) is 7.13. The lowest BCUT2D eigenvalue weighted by Crippen LogP contribution is -2.16. The molecule has 0 fully saturated rings. The highest BCUT2D eigenvalue weighted by Gasteiger charge is 2.17. The van der Waals surface area contributed by atoms with E-state index in [9.17, 15) is 8.78 Å². The van der Waals surface area contributed by atoms with Crippen molar-refractivity contribution in [2.45, 2.75) is 33.0 Å². The average Bonchev–Trinajstić information content (AvgIpc) is 2.47. The molecule has 0 spiro atoms. The van der Waals surface area contributed by atoms with Crippen LogP contribution in [0.1, 0.15) is 36.1 Å². The number of nitrogens with zero attached hydrogens (tertiary/aromatic N) is 1. The molecule has 0 unspecified atom stereocenters. The number of benzene rings is 2. The predicted molar refractivity (Wildman–Crippen MR) is 86.1 cm³/mol. The fraction of sp³-hybridized carbons (Fsp3) is 0.278. The minimum atomic E-state index is -1.37. The number of aryl methyl sites for hydroxylation is 1. The quantitative estimate of drug-likeness (QED) is 0.665. The van der Waals surface area contributed by atoms with Gasteiger partial charge in [0.25, 0.3) is 0 Å². The number of alkyl halides is 1. The SMILES string of the molecule is Cc1cccc(C(N)=NCc2ccc(C(C)(C)F)cc2)c1F. The van der Waals surface area contributed by atoms with Crippen LogP contribution in [0.3, 0.4) is 0 Å². The van der Waals surface area contributed by atoms with E-state index in [1.165, 1.54) is 13.8 Å². The van der Waals surface area contributed by atoms with Crippen molar-refractivity contribution in [2.75, 3.05) is 0 Å². The lowest BCUT2D eigenvalue weighted by molar-refractivity contribution is 0.221. The molecule has 2 aromatic rings. The van der Waals surface area contributed by atoms with E-state index in [4.69, 9.17) is 5.73 Å². The average molecular weight is 302 g/mol. The molecule has 2 nitrogen and oxygen atoms in total. The Morgan fingerprint density at radius 1 is 1.14 bits per heavy atom. The smallest absolute Gasteiger partial charge is 0.137 e. The fourth-order valence-corrected chi connectivity index (χ4v) is 2.11. The van der Waals surface area contributed by atoms with Crippen molar-refractivity contribution < 1.29 is 8.78 Å². The summed E-state index contributed by atoms with van der Waals surface area (Å²) in [5, 5.41) is 0. The van der Waals surface area contributed by atoms with E-state index in [-0.39, 0.29) is 11.7 Å². The van der Waals surface area contributed by atoms with Crippen LogP contribution in [-0.2, 0) is 12.2 Å². The zero-order valence-electron chi connectivity index (χ0n) is 13.0. The van der Waals surface area contributed by atoms with Crippen LogP contribution < -0.4 is 5.73 Å². The first kappa shape index (κ1) is 16.1. The molecule has 0 saturated carbocycles. The monoisotopic (exact) mass is 302 g/mol. The van der Waals surface area contributed by atoms with Crippen molar-refractivity contribution in [3.63, 3.8) is 0 Å². The van der Waals surface area contributed by atoms with Gasteiger partial charge in [0.2, 0.25) is 0 Å². The Morgan fingerprint density at radius 3 is 2.36 bits per heavy atom. The van der Waals surface area contributed by atoms with E-state index in [1.54, 1.807) is 49.4 Å². The van der Waals surface area contributed by atoms with Crippen molar-refractivity contribution in [3.8, 4) is 0 Å². The van der Waals surface area contributed by atoms with Gasteiger partial charge in [-0.15, -0.1) is 0 Å². The molecule has 0 bridgehead atoms. The number of aliphatic imine (C=N–C) groups is 1. The molecule has 2 rings (SSSR count). The summed E-state index contributed by atoms with van der Waals surface area (Å²) in [6, 6.07) is 12.1. The lowest BCUT2D eigenvalue weighted by Gasteiger charge is -2.14. The molecule has 0 aliphatic rings. The Bertz CT molecular complexity index is 683. The van der Waals surface area contributed by atoms with Crippen LogP contribution in [0.2, 0.25) is 0 Å². The summed E-state index contributed by atoms with van der Waals surface area (Å²) in [4.78, 5) is 4.22. The molecule has 2 N–H and O–H groups in total. The summed E-state index contributed by atoms with van der Waals surface area (Å²) in [5.41, 5.74) is 6.83. The molecule has 116 valence electrons. The fourth-order valence-electron chi connectivity index (χ4n) is 2.11. The Hall–Kier alpha value is -2.23. The first-order valence-electron chi connectivity index (χ1n) is 7.13. The molecular weight excluding hydrogens is 282 g/mol. The molecule has 0 atom stereocenters. The van der Waals surface area contributed by atoms with Gasteiger partial charge in [-0.05, 0) is 43.5 Å². The second-order valence-electron chi connectivity index (χ2n) is 5.81. The van der Waals surface area contributed by atoms with E-state index < -0.39 is 5.67 Å². The number of halogens is 2. The lowest BCUT2D eigenvalue weighted by atomic mass is 9.99. The third-order valence-electron chi connectivity index (χ3n) is 3.54. The van der Waals surface area contributed by atoms with Gasteiger partial charge in [-0.1, -0.05) is 36.4 Å². The molecule has 2 aromatic carbocycles. The largest absolute Gasteiger partial charge is 0.383 e. The van der Waals surface area contributed by atoms with Crippen molar-refractivity contribution in [1.29, 1.82) is 0 Å². The van der Waals surface area contributed by atoms with Gasteiger partial charge in [-0.3, -0.25) is 4.99 Å². The molecule has 0 radical (unpaired) electrons. The van der Waals surface area contributed by atoms with Crippen molar-refractivity contribution in [3.05, 3.63) is 70.5 Å². The normalized spacial score (nSPS) is 12.5. The predicted octanol–water partition coefficient (Wildman–Crippen LogP) is 4.24. The summed E-state index contributed by atoms with van der Waals surface area (Å²) in [6.07, 6.45) is 0. The van der Waals surface area contributed by atoms with Crippen LogP contribution in [0.5, 0.6) is 0 Å². The molecule has 0 amide bonds. The van der Waals surface area contributed by atoms with Gasteiger partial charge in [0, 0.05) is 0 Å². The van der Waals surface area contributed by atoms with Crippen molar-refractivity contribution >= 4 is 5.84 Å². The maximum Gasteiger partial charge on any atom is 0.137 e. The number of rotatable bonds is 4. The van der Waals surface area contributed by atoms with E-state index in [0.29, 0.717) is 23.2 Å². The van der Waals surface area contributed by atoms with E-state index in [0.717, 1.165) is 5.56 Å². The Morgan fingerprint density at radius 2 is 1.77 bits per heavy atom. The van der Waals surface area contributed by atoms with Gasteiger partial charge in [0.1, 0.15) is 17.3 Å². The zero-order chi connectivity index (χ0) is 16.3. The van der Waals surface area contributed by atoms with Gasteiger partial charge in [0.15, 0.2) is 0 Å². The molecule has 0 saturated heterocycles.